The molecule has 1 amide bonds. The van der Waals surface area contributed by atoms with Gasteiger partial charge in [0.15, 0.2) is 0 Å². The number of ether oxygens (including phenoxy) is 2. The average Bonchev–Trinajstić information content (AvgIpc) is 3.08. The summed E-state index contributed by atoms with van der Waals surface area (Å²) >= 11 is 0. The molecule has 0 aliphatic heterocycles. The van der Waals surface area contributed by atoms with Crippen LogP contribution in [-0.4, -0.2) is 59.3 Å². The molecule has 9 heteroatoms. The number of nitrogens with zero attached hydrogens (tertiary/aromatic N) is 3. The third kappa shape index (κ3) is 6.41. The molecule has 0 saturated heterocycles. The van der Waals surface area contributed by atoms with E-state index in [-0.39, 0.29) is 36.4 Å². The number of benzene rings is 1. The third-order valence-corrected chi connectivity index (χ3v) is 4.44. The molecule has 0 bridgehead atoms. The molecule has 1 heterocycles. The summed E-state index contributed by atoms with van der Waals surface area (Å²) in [4.78, 5) is 38.6. The van der Waals surface area contributed by atoms with Crippen molar-refractivity contribution in [2.75, 3.05) is 32.1 Å². The summed E-state index contributed by atoms with van der Waals surface area (Å²) in [5, 5.41) is 6.76. The van der Waals surface area contributed by atoms with Gasteiger partial charge in [0.05, 0.1) is 32.4 Å². The molecule has 0 saturated carbocycles. The molecule has 1 aromatic heterocycles. The fraction of sp³-hybridized carbons (Fsp3) is 0.429. The molecule has 0 aliphatic carbocycles. The number of hydrogen-bond acceptors (Lipinski definition) is 7. The predicted octanol–water partition coefficient (Wildman–Crippen LogP) is 1.85. The van der Waals surface area contributed by atoms with Gasteiger partial charge < -0.3 is 14.8 Å². The van der Waals surface area contributed by atoms with E-state index in [1.54, 1.807) is 20.9 Å². The van der Waals surface area contributed by atoms with E-state index in [0.717, 1.165) is 5.56 Å². The van der Waals surface area contributed by atoms with Gasteiger partial charge in [-0.15, -0.1) is 0 Å². The first-order chi connectivity index (χ1) is 14.3. The van der Waals surface area contributed by atoms with Gasteiger partial charge in [-0.2, -0.15) is 5.10 Å². The summed E-state index contributed by atoms with van der Waals surface area (Å²) < 4.78 is 11.2. The quantitative estimate of drug-likeness (QED) is 0.590. The van der Waals surface area contributed by atoms with Gasteiger partial charge in [-0.05, 0) is 12.5 Å². The van der Waals surface area contributed by atoms with E-state index in [4.69, 9.17) is 9.47 Å². The topological polar surface area (TPSA) is 103 Å². The lowest BCUT2D eigenvalue weighted by Crippen LogP contribution is -2.38. The lowest BCUT2D eigenvalue weighted by molar-refractivity contribution is -0.145. The third-order valence-electron chi connectivity index (χ3n) is 4.44. The van der Waals surface area contributed by atoms with Crippen molar-refractivity contribution in [3.8, 4) is 0 Å². The zero-order chi connectivity index (χ0) is 22.1. The molecule has 0 radical (unpaired) electrons. The van der Waals surface area contributed by atoms with E-state index in [1.807, 2.05) is 35.2 Å². The fourth-order valence-electron chi connectivity index (χ4n) is 3.01. The highest BCUT2D eigenvalue weighted by Gasteiger charge is 2.23. The van der Waals surface area contributed by atoms with Crippen LogP contribution in [0.15, 0.2) is 36.5 Å². The number of rotatable bonds is 10. The maximum absolute atomic E-state index is 12.8. The zero-order valence-corrected chi connectivity index (χ0v) is 17.8. The first-order valence-electron chi connectivity index (χ1n) is 9.68. The minimum Gasteiger partial charge on any atom is -0.469 e. The number of hydrogen-bond donors (Lipinski definition) is 1. The number of nitrogens with one attached hydrogen (secondary N) is 1. The standard InChI is InChI=1S/C21H28N4O5/c1-5-30-21(28)17-11-22-24(3)19(17)23-18(26)14-25(12-15(2)20(27)29-4)13-16-9-7-6-8-10-16/h6-11,15H,5,12-14H2,1-4H3,(H,23,26). The van der Waals surface area contributed by atoms with Crippen LogP contribution in [0.5, 0.6) is 0 Å². The van der Waals surface area contributed by atoms with Crippen LogP contribution in [0, 0.1) is 5.92 Å². The fourth-order valence-corrected chi connectivity index (χ4v) is 3.01. The van der Waals surface area contributed by atoms with E-state index >= 15 is 0 Å². The Morgan fingerprint density at radius 3 is 2.57 bits per heavy atom. The highest BCUT2D eigenvalue weighted by molar-refractivity contribution is 6.00. The second kappa shape index (κ2) is 11.1. The van der Waals surface area contributed by atoms with E-state index in [9.17, 15) is 14.4 Å². The molecule has 0 fully saturated rings. The second-order valence-corrected chi connectivity index (χ2v) is 6.88. The minimum absolute atomic E-state index is 0.0175. The van der Waals surface area contributed by atoms with Gasteiger partial charge >= 0.3 is 11.9 Å². The Kier molecular flexibility index (Phi) is 8.54. The summed E-state index contributed by atoms with van der Waals surface area (Å²) in [5.41, 5.74) is 1.19. The Bertz CT molecular complexity index is 866. The molecule has 9 nitrogen and oxygen atoms in total. The molecule has 1 aromatic carbocycles. The number of carbonyl (C=O) groups is 3. The summed E-state index contributed by atoms with van der Waals surface area (Å²) in [6.07, 6.45) is 1.36. The molecule has 1 N–H and O–H groups in total. The number of amides is 1. The lowest BCUT2D eigenvalue weighted by atomic mass is 10.1. The van der Waals surface area contributed by atoms with Crippen molar-refractivity contribution in [2.24, 2.45) is 13.0 Å². The normalized spacial score (nSPS) is 11.8. The molecule has 2 aromatic rings. The van der Waals surface area contributed by atoms with Crippen LogP contribution in [0.3, 0.4) is 0 Å². The van der Waals surface area contributed by atoms with Crippen LogP contribution in [0.25, 0.3) is 0 Å². The zero-order valence-electron chi connectivity index (χ0n) is 17.8. The number of esters is 2. The first-order valence-corrected chi connectivity index (χ1v) is 9.68. The number of anilines is 1. The van der Waals surface area contributed by atoms with Gasteiger partial charge in [0.1, 0.15) is 11.4 Å². The molecule has 162 valence electrons. The molecular formula is C21H28N4O5. The van der Waals surface area contributed by atoms with Crippen LogP contribution in [0.2, 0.25) is 0 Å². The molecule has 1 unspecified atom stereocenters. The van der Waals surface area contributed by atoms with Gasteiger partial charge in [-0.1, -0.05) is 37.3 Å². The first kappa shape index (κ1) is 23.1. The lowest BCUT2D eigenvalue weighted by Gasteiger charge is -2.24. The molecular weight excluding hydrogens is 388 g/mol. The number of aromatic nitrogens is 2. The van der Waals surface area contributed by atoms with Gasteiger partial charge in [-0.3, -0.25) is 19.2 Å². The SMILES string of the molecule is CCOC(=O)c1cnn(C)c1NC(=O)CN(Cc1ccccc1)CC(C)C(=O)OC. The van der Waals surface area contributed by atoms with Gasteiger partial charge in [0.25, 0.3) is 0 Å². The van der Waals surface area contributed by atoms with E-state index in [1.165, 1.54) is 18.0 Å². The monoisotopic (exact) mass is 416 g/mol. The van der Waals surface area contributed by atoms with Gasteiger partial charge in [0, 0.05) is 20.1 Å². The van der Waals surface area contributed by atoms with Crippen LogP contribution in [0.1, 0.15) is 29.8 Å². The minimum atomic E-state index is -0.554. The van der Waals surface area contributed by atoms with Crippen molar-refractivity contribution in [1.29, 1.82) is 0 Å². The van der Waals surface area contributed by atoms with E-state index in [0.29, 0.717) is 13.1 Å². The van der Waals surface area contributed by atoms with Crippen molar-refractivity contribution < 1.29 is 23.9 Å². The Morgan fingerprint density at radius 2 is 1.93 bits per heavy atom. The summed E-state index contributed by atoms with van der Waals surface area (Å²) in [5.74, 6) is -1.37. The Labute approximate surface area is 175 Å². The molecule has 2 rings (SSSR count). The number of methoxy groups -OCH3 is 1. The van der Waals surface area contributed by atoms with E-state index in [2.05, 4.69) is 10.4 Å². The summed E-state index contributed by atoms with van der Waals surface area (Å²) in [6.45, 7) is 4.51. The maximum Gasteiger partial charge on any atom is 0.343 e. The Balaban J connectivity index is 2.13. The van der Waals surface area contributed by atoms with Crippen LogP contribution in [-0.2, 0) is 32.7 Å². The Morgan fingerprint density at radius 1 is 1.23 bits per heavy atom. The average molecular weight is 416 g/mol. The highest BCUT2D eigenvalue weighted by atomic mass is 16.5. The summed E-state index contributed by atoms with van der Waals surface area (Å²) in [7, 11) is 2.96. The van der Waals surface area contributed by atoms with E-state index < -0.39 is 11.9 Å². The smallest absolute Gasteiger partial charge is 0.343 e. The van der Waals surface area contributed by atoms with Gasteiger partial charge in [0.2, 0.25) is 5.91 Å². The molecule has 0 aliphatic rings. The number of aryl methyl sites for hydroxylation is 1. The highest BCUT2D eigenvalue weighted by Crippen LogP contribution is 2.16. The molecule has 1 atom stereocenters. The van der Waals surface area contributed by atoms with Crippen LogP contribution >= 0.6 is 0 Å². The Hall–Kier alpha value is -3.20. The van der Waals surface area contributed by atoms with Crippen LogP contribution in [0.4, 0.5) is 5.82 Å². The predicted molar refractivity (Wildman–Crippen MR) is 111 cm³/mol. The van der Waals surface area contributed by atoms with Crippen molar-refractivity contribution in [2.45, 2.75) is 20.4 Å². The number of carbonyl (C=O) groups excluding carboxylic acids is 3. The van der Waals surface area contributed by atoms with Gasteiger partial charge in [-0.25, -0.2) is 4.79 Å². The second-order valence-electron chi connectivity index (χ2n) is 6.88. The van der Waals surface area contributed by atoms with Crippen molar-refractivity contribution in [3.05, 3.63) is 47.7 Å². The van der Waals surface area contributed by atoms with Crippen molar-refractivity contribution >= 4 is 23.7 Å². The summed E-state index contributed by atoms with van der Waals surface area (Å²) in [6, 6.07) is 9.65. The van der Waals surface area contributed by atoms with Crippen LogP contribution < -0.4 is 5.32 Å². The molecule has 0 spiro atoms. The molecule has 30 heavy (non-hydrogen) atoms. The van der Waals surface area contributed by atoms with Crippen molar-refractivity contribution in [3.63, 3.8) is 0 Å². The maximum atomic E-state index is 12.8. The van der Waals surface area contributed by atoms with Crippen molar-refractivity contribution in [1.82, 2.24) is 14.7 Å². The largest absolute Gasteiger partial charge is 0.469 e.